The normalized spacial score (nSPS) is 14.3. The molecule has 0 heterocycles. The molecule has 116 valence electrons. The minimum Gasteiger partial charge on any atom is -0.444 e. The first-order valence-corrected chi connectivity index (χ1v) is 6.53. The monoisotopic (exact) mass is 287 g/mol. The van der Waals surface area contributed by atoms with E-state index in [9.17, 15) is 14.4 Å². The topological polar surface area (TPSA) is 111 Å². The smallest absolute Gasteiger partial charge is 0.408 e. The molecule has 3 amide bonds. The SMILES string of the molecule is CC(C)[C@@H](NC(=O)OC(C)(C)C)C(=O)N[C@H](C)C(N)=O. The van der Waals surface area contributed by atoms with Gasteiger partial charge in [-0.25, -0.2) is 4.79 Å². The molecular formula is C13H25N3O4. The van der Waals surface area contributed by atoms with E-state index in [1.165, 1.54) is 6.92 Å². The summed E-state index contributed by atoms with van der Waals surface area (Å²) < 4.78 is 5.10. The van der Waals surface area contributed by atoms with E-state index in [0.717, 1.165) is 0 Å². The number of carbonyl (C=O) groups is 3. The molecule has 0 spiro atoms. The van der Waals surface area contributed by atoms with Crippen molar-refractivity contribution < 1.29 is 19.1 Å². The number of primary amides is 1. The van der Waals surface area contributed by atoms with Crippen LogP contribution in [0.3, 0.4) is 0 Å². The van der Waals surface area contributed by atoms with Crippen molar-refractivity contribution in [1.29, 1.82) is 0 Å². The van der Waals surface area contributed by atoms with Gasteiger partial charge in [0, 0.05) is 0 Å². The van der Waals surface area contributed by atoms with Gasteiger partial charge in [0.1, 0.15) is 17.7 Å². The highest BCUT2D eigenvalue weighted by atomic mass is 16.6. The quantitative estimate of drug-likeness (QED) is 0.684. The van der Waals surface area contributed by atoms with E-state index in [-0.39, 0.29) is 5.92 Å². The highest BCUT2D eigenvalue weighted by Crippen LogP contribution is 2.09. The van der Waals surface area contributed by atoms with E-state index in [0.29, 0.717) is 0 Å². The van der Waals surface area contributed by atoms with Crippen LogP contribution in [0.5, 0.6) is 0 Å². The molecular weight excluding hydrogens is 262 g/mol. The third-order valence-electron chi connectivity index (χ3n) is 2.41. The van der Waals surface area contributed by atoms with Gasteiger partial charge in [-0.15, -0.1) is 0 Å². The molecule has 7 nitrogen and oxygen atoms in total. The lowest BCUT2D eigenvalue weighted by Crippen LogP contribution is -2.54. The Morgan fingerprint density at radius 3 is 1.90 bits per heavy atom. The minimum absolute atomic E-state index is 0.164. The standard InChI is InChI=1S/C13H25N3O4/c1-7(2)9(11(18)15-8(3)10(14)17)16-12(19)20-13(4,5)6/h7-9H,1-6H3,(H2,14,17)(H,15,18)(H,16,19)/t8-,9-/m1/s1. The highest BCUT2D eigenvalue weighted by Gasteiger charge is 2.28. The number of ether oxygens (including phenoxy) is 1. The van der Waals surface area contributed by atoms with Gasteiger partial charge in [0.15, 0.2) is 0 Å². The zero-order chi connectivity index (χ0) is 16.1. The van der Waals surface area contributed by atoms with E-state index >= 15 is 0 Å². The Bertz CT molecular complexity index is 374. The summed E-state index contributed by atoms with van der Waals surface area (Å²) in [5.41, 5.74) is 4.43. The largest absolute Gasteiger partial charge is 0.444 e. The second kappa shape index (κ2) is 7.12. The molecule has 0 aromatic carbocycles. The van der Waals surface area contributed by atoms with Gasteiger partial charge in [-0.05, 0) is 33.6 Å². The predicted octanol–water partition coefficient (Wildman–Crippen LogP) is 0.526. The lowest BCUT2D eigenvalue weighted by Gasteiger charge is -2.25. The summed E-state index contributed by atoms with van der Waals surface area (Å²) in [6, 6.07) is -1.60. The van der Waals surface area contributed by atoms with E-state index in [2.05, 4.69) is 10.6 Å². The molecule has 7 heteroatoms. The highest BCUT2D eigenvalue weighted by molar-refractivity contribution is 5.90. The molecule has 20 heavy (non-hydrogen) atoms. The third kappa shape index (κ3) is 6.96. The van der Waals surface area contributed by atoms with Gasteiger partial charge < -0.3 is 21.1 Å². The van der Waals surface area contributed by atoms with Crippen LogP contribution < -0.4 is 16.4 Å². The predicted molar refractivity (Wildman–Crippen MR) is 74.8 cm³/mol. The molecule has 0 radical (unpaired) electrons. The van der Waals surface area contributed by atoms with Crippen LogP contribution in [0, 0.1) is 5.92 Å². The molecule has 0 aromatic rings. The van der Waals surface area contributed by atoms with Gasteiger partial charge in [-0.3, -0.25) is 9.59 Å². The van der Waals surface area contributed by atoms with Crippen LogP contribution in [0.2, 0.25) is 0 Å². The van der Waals surface area contributed by atoms with Crippen LogP contribution in [0.4, 0.5) is 4.79 Å². The number of nitrogens with one attached hydrogen (secondary N) is 2. The van der Waals surface area contributed by atoms with Crippen molar-refractivity contribution in [3.05, 3.63) is 0 Å². The number of rotatable bonds is 5. The maximum Gasteiger partial charge on any atom is 0.408 e. The summed E-state index contributed by atoms with van der Waals surface area (Å²) in [6.45, 7) is 10.2. The molecule has 0 aliphatic rings. The molecule has 0 saturated carbocycles. The fourth-order valence-electron chi connectivity index (χ4n) is 1.34. The van der Waals surface area contributed by atoms with Crippen molar-refractivity contribution in [2.24, 2.45) is 11.7 Å². The Hall–Kier alpha value is -1.79. The van der Waals surface area contributed by atoms with Gasteiger partial charge in [0.05, 0.1) is 0 Å². The van der Waals surface area contributed by atoms with Crippen molar-refractivity contribution in [2.75, 3.05) is 0 Å². The average molecular weight is 287 g/mol. The van der Waals surface area contributed by atoms with Gasteiger partial charge in [0.2, 0.25) is 11.8 Å². The summed E-state index contributed by atoms with van der Waals surface area (Å²) in [5.74, 6) is -1.28. The zero-order valence-electron chi connectivity index (χ0n) is 12.9. The van der Waals surface area contributed by atoms with Crippen LogP contribution in [0.25, 0.3) is 0 Å². The van der Waals surface area contributed by atoms with Crippen molar-refractivity contribution in [1.82, 2.24) is 10.6 Å². The summed E-state index contributed by atoms with van der Waals surface area (Å²) >= 11 is 0. The van der Waals surface area contributed by atoms with Crippen LogP contribution in [0.1, 0.15) is 41.5 Å². The van der Waals surface area contributed by atoms with E-state index < -0.39 is 35.6 Å². The minimum atomic E-state index is -0.802. The number of hydrogen-bond donors (Lipinski definition) is 3. The number of alkyl carbamates (subject to hydrolysis) is 1. The Kier molecular flexibility index (Phi) is 6.48. The molecule has 0 saturated heterocycles. The van der Waals surface area contributed by atoms with Gasteiger partial charge in [0.25, 0.3) is 0 Å². The summed E-state index contributed by atoms with van der Waals surface area (Å²) in [7, 11) is 0. The lowest BCUT2D eigenvalue weighted by molar-refractivity contribution is -0.129. The van der Waals surface area contributed by atoms with Crippen LogP contribution in [0.15, 0.2) is 0 Å². The van der Waals surface area contributed by atoms with Crippen molar-refractivity contribution >= 4 is 17.9 Å². The summed E-state index contributed by atoms with van der Waals surface area (Å²) in [5, 5.41) is 4.94. The van der Waals surface area contributed by atoms with Crippen LogP contribution in [-0.2, 0) is 14.3 Å². The van der Waals surface area contributed by atoms with Crippen molar-refractivity contribution in [2.45, 2.75) is 59.2 Å². The molecule has 0 unspecified atom stereocenters. The second-order valence-corrected chi connectivity index (χ2v) is 6.00. The molecule has 0 aliphatic heterocycles. The molecule has 0 rings (SSSR count). The summed E-state index contributed by atoms with van der Waals surface area (Å²) in [6.07, 6.45) is -0.682. The molecule has 0 aliphatic carbocycles. The Morgan fingerprint density at radius 1 is 1.05 bits per heavy atom. The molecule has 0 fully saturated rings. The molecule has 4 N–H and O–H groups in total. The van der Waals surface area contributed by atoms with Gasteiger partial charge in [-0.2, -0.15) is 0 Å². The number of hydrogen-bond acceptors (Lipinski definition) is 4. The Morgan fingerprint density at radius 2 is 1.55 bits per heavy atom. The maximum atomic E-state index is 12.0. The van der Waals surface area contributed by atoms with Crippen LogP contribution >= 0.6 is 0 Å². The maximum absolute atomic E-state index is 12.0. The van der Waals surface area contributed by atoms with E-state index in [1.807, 2.05) is 0 Å². The first-order chi connectivity index (χ1) is 8.94. The van der Waals surface area contributed by atoms with Crippen LogP contribution in [-0.4, -0.2) is 35.6 Å². The first-order valence-electron chi connectivity index (χ1n) is 6.53. The number of amides is 3. The number of nitrogens with two attached hydrogens (primary N) is 1. The molecule has 0 bridgehead atoms. The van der Waals surface area contributed by atoms with E-state index in [4.69, 9.17) is 10.5 Å². The average Bonchev–Trinajstić information content (AvgIpc) is 2.22. The second-order valence-electron chi connectivity index (χ2n) is 6.00. The third-order valence-corrected chi connectivity index (χ3v) is 2.41. The Balaban J connectivity index is 4.69. The van der Waals surface area contributed by atoms with Gasteiger partial charge >= 0.3 is 6.09 Å². The van der Waals surface area contributed by atoms with Crippen molar-refractivity contribution in [3.8, 4) is 0 Å². The lowest BCUT2D eigenvalue weighted by atomic mass is 10.0. The zero-order valence-corrected chi connectivity index (χ0v) is 12.9. The molecule has 2 atom stereocenters. The van der Waals surface area contributed by atoms with E-state index in [1.54, 1.807) is 34.6 Å². The van der Waals surface area contributed by atoms with Crippen molar-refractivity contribution in [3.63, 3.8) is 0 Å². The Labute approximate surface area is 119 Å². The molecule has 0 aromatic heterocycles. The fourth-order valence-corrected chi connectivity index (χ4v) is 1.34. The fraction of sp³-hybridized carbons (Fsp3) is 0.769. The van der Waals surface area contributed by atoms with Gasteiger partial charge in [-0.1, -0.05) is 13.8 Å². The summed E-state index contributed by atoms with van der Waals surface area (Å²) in [4.78, 5) is 34.6. The first kappa shape index (κ1) is 18.2. The number of carbonyl (C=O) groups excluding carboxylic acids is 3.